The molecule has 3 rings (SSSR count). The number of thiocarbonyl (C=S) groups is 1. The molecule has 6 heteroatoms. The molecule has 20 heavy (non-hydrogen) atoms. The molecule has 0 unspecified atom stereocenters. The van der Waals surface area contributed by atoms with Crippen LogP contribution >= 0.6 is 35.6 Å². The highest BCUT2D eigenvalue weighted by molar-refractivity contribution is 8.26. The summed E-state index contributed by atoms with van der Waals surface area (Å²) in [7, 11) is 0. The largest absolute Gasteiger partial charge is 0.294 e. The number of hydrogen-bond donors (Lipinski definition) is 0. The summed E-state index contributed by atoms with van der Waals surface area (Å²) in [6, 6.07) is 5.38. The number of amides is 1. The second-order valence-corrected chi connectivity index (χ2v) is 6.54. The fraction of sp³-hybridized carbons (Fsp3) is 0.214. The van der Waals surface area contributed by atoms with Crippen LogP contribution in [0.15, 0.2) is 23.1 Å². The van der Waals surface area contributed by atoms with Crippen LogP contribution in [0, 0.1) is 0 Å². The van der Waals surface area contributed by atoms with E-state index in [1.54, 1.807) is 12.1 Å². The number of Topliss-reactive ketones (excluding diaryl/α,β-unsaturated/α-hetero) is 1. The molecule has 1 fully saturated rings. The molecule has 0 saturated carbocycles. The second kappa shape index (κ2) is 4.98. The first-order chi connectivity index (χ1) is 9.54. The van der Waals surface area contributed by atoms with Gasteiger partial charge >= 0.3 is 0 Å². The number of likely N-dealkylation sites (N-methyl/N-ethyl adjacent to an activating group) is 1. The predicted octanol–water partition coefficient (Wildman–Crippen LogP) is 3.06. The third-order valence-electron chi connectivity index (χ3n) is 3.40. The summed E-state index contributed by atoms with van der Waals surface area (Å²) < 4.78 is 0.503. The molecule has 102 valence electrons. The molecular weight excluding hydrogens is 314 g/mol. The molecule has 1 aromatic rings. The lowest BCUT2D eigenvalue weighted by atomic mass is 10.1. The van der Waals surface area contributed by atoms with Crippen LogP contribution in [0.25, 0.3) is 5.57 Å². The number of hydrogen-bond acceptors (Lipinski definition) is 4. The molecule has 0 atom stereocenters. The highest BCUT2D eigenvalue weighted by Gasteiger charge is 2.38. The first kappa shape index (κ1) is 13.8. The molecule has 0 aromatic heterocycles. The average molecular weight is 324 g/mol. The summed E-state index contributed by atoms with van der Waals surface area (Å²) in [5.41, 5.74) is 2.03. The van der Waals surface area contributed by atoms with Crippen molar-refractivity contribution in [2.45, 2.75) is 13.3 Å². The van der Waals surface area contributed by atoms with Gasteiger partial charge in [0.25, 0.3) is 5.91 Å². The average Bonchev–Trinajstić information content (AvgIpc) is 2.87. The molecule has 3 nitrogen and oxygen atoms in total. The quantitative estimate of drug-likeness (QED) is 0.588. The number of fused-ring (bicyclic) bond motifs is 1. The maximum Gasteiger partial charge on any atom is 0.266 e. The molecule has 0 bridgehead atoms. The Hall–Kier alpha value is -1.17. The molecule has 0 N–H and O–H groups in total. The molecule has 1 aliphatic carbocycles. The van der Waals surface area contributed by atoms with Gasteiger partial charge in [-0.05, 0) is 24.1 Å². The number of halogens is 1. The highest BCUT2D eigenvalue weighted by Crippen LogP contribution is 2.42. The third kappa shape index (κ3) is 1.92. The minimum atomic E-state index is -0.182. The van der Waals surface area contributed by atoms with Crippen molar-refractivity contribution in [3.8, 4) is 0 Å². The molecule has 1 heterocycles. The monoisotopic (exact) mass is 323 g/mol. The van der Waals surface area contributed by atoms with Crippen LogP contribution in [0.1, 0.15) is 18.1 Å². The fourth-order valence-corrected chi connectivity index (χ4v) is 4.17. The van der Waals surface area contributed by atoms with Crippen molar-refractivity contribution in [3.05, 3.63) is 39.3 Å². The number of carbonyl (C=O) groups is 2. The maximum absolute atomic E-state index is 12.3. The van der Waals surface area contributed by atoms with Gasteiger partial charge in [-0.3, -0.25) is 14.5 Å². The standard InChI is InChI=1S/C14H10ClNO2S2/c1-2-16-13(18)12(20-14(16)19)11-7-4-3-5-9(15)8(7)6-10(11)17/h3-5H,2,6H2,1H3/b12-11-. The Morgan fingerprint density at radius 3 is 2.80 bits per heavy atom. The van der Waals surface area contributed by atoms with Crippen LogP contribution in [0.2, 0.25) is 5.02 Å². The Labute approximate surface area is 131 Å². The van der Waals surface area contributed by atoms with Gasteiger partial charge in [0.1, 0.15) is 4.32 Å². The molecule has 2 aliphatic rings. The van der Waals surface area contributed by atoms with Crippen molar-refractivity contribution >= 4 is 57.2 Å². The lowest BCUT2D eigenvalue weighted by molar-refractivity contribution is -0.122. The molecule has 1 saturated heterocycles. The molecule has 0 radical (unpaired) electrons. The normalized spacial score (nSPS) is 21.9. The lowest BCUT2D eigenvalue weighted by Gasteiger charge is -2.10. The minimum absolute atomic E-state index is 0.0651. The predicted molar refractivity (Wildman–Crippen MR) is 84.7 cm³/mol. The number of benzene rings is 1. The zero-order valence-corrected chi connectivity index (χ0v) is 13.0. The Bertz CT molecular complexity index is 696. The summed E-state index contributed by atoms with van der Waals surface area (Å²) in [6.07, 6.45) is 0.251. The van der Waals surface area contributed by atoms with Gasteiger partial charge in [0, 0.05) is 23.6 Å². The molecule has 0 spiro atoms. The number of thioether (sulfide) groups is 1. The van der Waals surface area contributed by atoms with Gasteiger partial charge in [-0.25, -0.2) is 0 Å². The molecular formula is C14H10ClNO2S2. The Morgan fingerprint density at radius 2 is 2.15 bits per heavy atom. The van der Waals surface area contributed by atoms with Crippen LogP contribution < -0.4 is 0 Å². The summed E-state index contributed by atoms with van der Waals surface area (Å²) in [6.45, 7) is 2.37. The molecule has 1 amide bonds. The number of carbonyl (C=O) groups excluding carboxylic acids is 2. The van der Waals surface area contributed by atoms with Crippen LogP contribution in [-0.2, 0) is 16.0 Å². The van der Waals surface area contributed by atoms with Crippen molar-refractivity contribution in [1.82, 2.24) is 4.90 Å². The first-order valence-electron chi connectivity index (χ1n) is 6.13. The summed E-state index contributed by atoms with van der Waals surface area (Å²) in [5.74, 6) is -0.247. The Kier molecular flexibility index (Phi) is 3.44. The third-order valence-corrected chi connectivity index (χ3v) is 5.20. The zero-order valence-electron chi connectivity index (χ0n) is 10.6. The summed E-state index contributed by atoms with van der Waals surface area (Å²) in [4.78, 5) is 26.6. The van der Waals surface area contributed by atoms with Crippen molar-refractivity contribution in [2.24, 2.45) is 0 Å². The summed E-state index contributed by atoms with van der Waals surface area (Å²) in [5, 5.41) is 0.567. The number of rotatable bonds is 1. The van der Waals surface area contributed by atoms with Crippen LogP contribution in [0.5, 0.6) is 0 Å². The topological polar surface area (TPSA) is 37.4 Å². The second-order valence-electron chi connectivity index (χ2n) is 4.49. The SMILES string of the molecule is CCN1C(=O)/C(=C2/C(=O)Cc3c(Cl)cccc32)SC1=S. The maximum atomic E-state index is 12.3. The van der Waals surface area contributed by atoms with E-state index in [0.29, 0.717) is 26.4 Å². The van der Waals surface area contributed by atoms with Gasteiger partial charge in [-0.15, -0.1) is 0 Å². The Morgan fingerprint density at radius 1 is 1.40 bits per heavy atom. The van der Waals surface area contributed by atoms with Gasteiger partial charge < -0.3 is 0 Å². The van der Waals surface area contributed by atoms with E-state index in [2.05, 4.69) is 0 Å². The minimum Gasteiger partial charge on any atom is -0.294 e. The lowest BCUT2D eigenvalue weighted by Crippen LogP contribution is -2.27. The first-order valence-corrected chi connectivity index (χ1v) is 7.73. The highest BCUT2D eigenvalue weighted by atomic mass is 35.5. The van der Waals surface area contributed by atoms with E-state index in [-0.39, 0.29) is 18.1 Å². The zero-order chi connectivity index (χ0) is 14.4. The molecule has 1 aromatic carbocycles. The van der Waals surface area contributed by atoms with E-state index in [4.69, 9.17) is 23.8 Å². The van der Waals surface area contributed by atoms with Crippen LogP contribution in [-0.4, -0.2) is 27.5 Å². The Balaban J connectivity index is 2.19. The van der Waals surface area contributed by atoms with E-state index in [0.717, 1.165) is 11.1 Å². The van der Waals surface area contributed by atoms with Crippen molar-refractivity contribution in [3.63, 3.8) is 0 Å². The van der Waals surface area contributed by atoms with E-state index < -0.39 is 0 Å². The van der Waals surface area contributed by atoms with Gasteiger partial charge in [0.15, 0.2) is 5.78 Å². The van der Waals surface area contributed by atoms with Gasteiger partial charge in [0.05, 0.1) is 4.91 Å². The van der Waals surface area contributed by atoms with Crippen LogP contribution in [0.3, 0.4) is 0 Å². The van der Waals surface area contributed by atoms with Crippen molar-refractivity contribution in [2.75, 3.05) is 6.54 Å². The van der Waals surface area contributed by atoms with Gasteiger partial charge in [0.2, 0.25) is 0 Å². The van der Waals surface area contributed by atoms with E-state index >= 15 is 0 Å². The molecule has 1 aliphatic heterocycles. The van der Waals surface area contributed by atoms with Crippen LogP contribution in [0.4, 0.5) is 0 Å². The van der Waals surface area contributed by atoms with Gasteiger partial charge in [-0.2, -0.15) is 0 Å². The van der Waals surface area contributed by atoms with Gasteiger partial charge in [-0.1, -0.05) is 47.7 Å². The number of ketones is 1. The van der Waals surface area contributed by atoms with Crippen molar-refractivity contribution in [1.29, 1.82) is 0 Å². The van der Waals surface area contributed by atoms with E-state index in [1.165, 1.54) is 16.7 Å². The smallest absolute Gasteiger partial charge is 0.266 e. The summed E-state index contributed by atoms with van der Waals surface area (Å²) >= 11 is 12.5. The number of nitrogens with zero attached hydrogens (tertiary/aromatic N) is 1. The van der Waals surface area contributed by atoms with E-state index in [9.17, 15) is 9.59 Å². The number of allylic oxidation sites excluding steroid dienone is 1. The van der Waals surface area contributed by atoms with Crippen molar-refractivity contribution < 1.29 is 9.59 Å². The fourth-order valence-electron chi connectivity index (χ4n) is 2.44. The van der Waals surface area contributed by atoms with E-state index in [1.807, 2.05) is 13.0 Å².